The number of aromatic nitrogens is 4. The molecule has 1 saturated carbocycles. The lowest BCUT2D eigenvalue weighted by molar-refractivity contribution is 0.190. The lowest BCUT2D eigenvalue weighted by Crippen LogP contribution is -2.48. The Balaban J connectivity index is 1.49. The molecule has 9 heteroatoms. The number of hydrogen-bond acceptors (Lipinski definition) is 7. The summed E-state index contributed by atoms with van der Waals surface area (Å²) in [5.41, 5.74) is 1.65. The Morgan fingerprint density at radius 1 is 0.943 bits per heavy atom. The topological polar surface area (TPSA) is 68.5 Å². The first-order valence-corrected chi connectivity index (χ1v) is 12.4. The highest BCUT2D eigenvalue weighted by atomic mass is 19.1. The van der Waals surface area contributed by atoms with Crippen LogP contribution in [0.15, 0.2) is 42.5 Å². The van der Waals surface area contributed by atoms with Gasteiger partial charge >= 0.3 is 0 Å². The van der Waals surface area contributed by atoms with Gasteiger partial charge in [0.1, 0.15) is 23.4 Å². The molecule has 1 aliphatic carbocycles. The van der Waals surface area contributed by atoms with Gasteiger partial charge in [0.05, 0.1) is 25.9 Å². The lowest BCUT2D eigenvalue weighted by Gasteiger charge is -2.40. The summed E-state index contributed by atoms with van der Waals surface area (Å²) in [5, 5.41) is 13.1. The summed E-state index contributed by atoms with van der Waals surface area (Å²) < 4.78 is 27.7. The molecule has 0 amide bonds. The predicted octanol–water partition coefficient (Wildman–Crippen LogP) is 4.25. The van der Waals surface area contributed by atoms with Gasteiger partial charge in [-0.05, 0) is 47.5 Å². The SMILES string of the molecule is COc1ccc([C@@H](c2nnnn2C2CCCCC2)N2CCN(c3ccccc3F)CC2)c(OC)c1. The van der Waals surface area contributed by atoms with E-state index in [9.17, 15) is 4.39 Å². The van der Waals surface area contributed by atoms with Crippen LogP contribution < -0.4 is 14.4 Å². The number of rotatable bonds is 7. The molecule has 35 heavy (non-hydrogen) atoms. The van der Waals surface area contributed by atoms with Crippen LogP contribution in [-0.4, -0.2) is 65.5 Å². The van der Waals surface area contributed by atoms with Gasteiger partial charge in [0.15, 0.2) is 5.82 Å². The van der Waals surface area contributed by atoms with E-state index in [0.29, 0.717) is 24.8 Å². The van der Waals surface area contributed by atoms with E-state index in [1.807, 2.05) is 35.0 Å². The van der Waals surface area contributed by atoms with Crippen molar-refractivity contribution in [3.05, 3.63) is 59.7 Å². The molecular weight excluding hydrogens is 447 g/mol. The van der Waals surface area contributed by atoms with Crippen molar-refractivity contribution in [2.75, 3.05) is 45.3 Å². The Kier molecular flexibility index (Phi) is 7.13. The summed E-state index contributed by atoms with van der Waals surface area (Å²) in [6, 6.07) is 13.0. The standard InChI is InChI=1S/C26H33FN6O2/c1-34-20-12-13-21(24(18-20)35-2)25(26-28-29-30-33(26)19-8-4-3-5-9-19)32-16-14-31(15-17-32)23-11-7-6-10-22(23)27/h6-7,10-13,18-19,25H,3-5,8-9,14-17H2,1-2H3/t25-/m0/s1. The number of anilines is 1. The van der Waals surface area contributed by atoms with Gasteiger partial charge in [-0.25, -0.2) is 9.07 Å². The molecule has 0 bridgehead atoms. The third-order valence-corrected chi connectivity index (χ3v) is 7.29. The van der Waals surface area contributed by atoms with Crippen molar-refractivity contribution in [3.63, 3.8) is 0 Å². The summed E-state index contributed by atoms with van der Waals surface area (Å²) in [7, 11) is 3.33. The Hall–Kier alpha value is -3.20. The first-order valence-electron chi connectivity index (χ1n) is 12.4. The highest BCUT2D eigenvalue weighted by Gasteiger charge is 2.34. The average molecular weight is 481 g/mol. The molecule has 186 valence electrons. The second-order valence-electron chi connectivity index (χ2n) is 9.26. The lowest BCUT2D eigenvalue weighted by atomic mass is 9.94. The third-order valence-electron chi connectivity index (χ3n) is 7.29. The molecule has 8 nitrogen and oxygen atoms in total. The molecular formula is C26H33FN6O2. The number of nitrogens with zero attached hydrogens (tertiary/aromatic N) is 6. The predicted molar refractivity (Wildman–Crippen MR) is 132 cm³/mol. The number of hydrogen-bond donors (Lipinski definition) is 0. The molecule has 2 fully saturated rings. The van der Waals surface area contributed by atoms with Gasteiger partial charge in [-0.15, -0.1) is 5.10 Å². The molecule has 1 saturated heterocycles. The normalized spacial score (nSPS) is 18.4. The molecule has 0 N–H and O–H groups in total. The van der Waals surface area contributed by atoms with Gasteiger partial charge in [-0.3, -0.25) is 4.90 Å². The van der Waals surface area contributed by atoms with Crippen LogP contribution in [0, 0.1) is 5.82 Å². The summed E-state index contributed by atoms with van der Waals surface area (Å²) in [6.45, 7) is 2.90. The van der Waals surface area contributed by atoms with Crippen molar-refractivity contribution >= 4 is 5.69 Å². The number of piperazine rings is 1. The third kappa shape index (κ3) is 4.82. The van der Waals surface area contributed by atoms with Crippen LogP contribution in [0.1, 0.15) is 55.6 Å². The van der Waals surface area contributed by atoms with Crippen molar-refractivity contribution in [2.24, 2.45) is 0 Å². The van der Waals surface area contributed by atoms with Gasteiger partial charge < -0.3 is 14.4 Å². The summed E-state index contributed by atoms with van der Waals surface area (Å²) in [5.74, 6) is 2.12. The summed E-state index contributed by atoms with van der Waals surface area (Å²) >= 11 is 0. The molecule has 0 radical (unpaired) electrons. The van der Waals surface area contributed by atoms with E-state index in [-0.39, 0.29) is 11.9 Å². The summed E-state index contributed by atoms with van der Waals surface area (Å²) in [6.07, 6.45) is 5.84. The van der Waals surface area contributed by atoms with Crippen LogP contribution >= 0.6 is 0 Å². The number of halogens is 1. The Bertz CT molecular complexity index is 1120. The molecule has 2 heterocycles. The van der Waals surface area contributed by atoms with E-state index in [2.05, 4.69) is 25.3 Å². The molecule has 1 atom stereocenters. The van der Waals surface area contributed by atoms with E-state index < -0.39 is 0 Å². The molecule has 0 unspecified atom stereocenters. The second kappa shape index (κ2) is 10.6. The molecule has 2 aromatic carbocycles. The average Bonchev–Trinajstić information content (AvgIpc) is 3.40. The Morgan fingerprint density at radius 2 is 1.71 bits per heavy atom. The van der Waals surface area contributed by atoms with E-state index in [4.69, 9.17) is 9.47 Å². The van der Waals surface area contributed by atoms with Gasteiger partial charge in [-0.2, -0.15) is 0 Å². The number of ether oxygens (including phenoxy) is 2. The highest BCUT2D eigenvalue weighted by molar-refractivity contribution is 5.48. The maximum absolute atomic E-state index is 14.4. The van der Waals surface area contributed by atoms with Crippen molar-refractivity contribution < 1.29 is 13.9 Å². The van der Waals surface area contributed by atoms with Crippen molar-refractivity contribution in [1.82, 2.24) is 25.1 Å². The van der Waals surface area contributed by atoms with Crippen LogP contribution in [0.25, 0.3) is 0 Å². The van der Waals surface area contributed by atoms with Crippen molar-refractivity contribution in [3.8, 4) is 11.5 Å². The van der Waals surface area contributed by atoms with E-state index >= 15 is 0 Å². The first-order chi connectivity index (χ1) is 17.2. The van der Waals surface area contributed by atoms with Crippen LogP contribution in [0.5, 0.6) is 11.5 Å². The maximum atomic E-state index is 14.4. The maximum Gasteiger partial charge on any atom is 0.173 e. The minimum absolute atomic E-state index is 0.185. The van der Waals surface area contributed by atoms with Crippen LogP contribution in [-0.2, 0) is 0 Å². The van der Waals surface area contributed by atoms with Crippen LogP contribution in [0.4, 0.5) is 10.1 Å². The highest BCUT2D eigenvalue weighted by Crippen LogP contribution is 2.39. The second-order valence-corrected chi connectivity index (χ2v) is 9.26. The fourth-order valence-electron chi connectivity index (χ4n) is 5.44. The van der Waals surface area contributed by atoms with Gasteiger partial charge in [0, 0.05) is 37.8 Å². The Morgan fingerprint density at radius 3 is 2.43 bits per heavy atom. The molecule has 2 aliphatic rings. The zero-order chi connectivity index (χ0) is 24.2. The van der Waals surface area contributed by atoms with Crippen molar-refractivity contribution in [2.45, 2.75) is 44.2 Å². The van der Waals surface area contributed by atoms with Gasteiger partial charge in [-0.1, -0.05) is 31.4 Å². The zero-order valence-electron chi connectivity index (χ0n) is 20.4. The Labute approximate surface area is 205 Å². The number of para-hydroxylation sites is 1. The van der Waals surface area contributed by atoms with E-state index in [0.717, 1.165) is 48.8 Å². The smallest absolute Gasteiger partial charge is 0.173 e. The first kappa shape index (κ1) is 23.5. The molecule has 1 aromatic heterocycles. The molecule has 5 rings (SSSR count). The van der Waals surface area contributed by atoms with E-state index in [1.165, 1.54) is 25.3 Å². The quantitative estimate of drug-likeness (QED) is 0.501. The molecule has 0 spiro atoms. The van der Waals surface area contributed by atoms with Gasteiger partial charge in [0.25, 0.3) is 0 Å². The van der Waals surface area contributed by atoms with Crippen LogP contribution in [0.3, 0.4) is 0 Å². The molecule has 3 aromatic rings. The van der Waals surface area contributed by atoms with Crippen LogP contribution in [0.2, 0.25) is 0 Å². The van der Waals surface area contributed by atoms with E-state index in [1.54, 1.807) is 20.3 Å². The fraction of sp³-hybridized carbons (Fsp3) is 0.500. The number of methoxy groups -OCH3 is 2. The van der Waals surface area contributed by atoms with Crippen molar-refractivity contribution in [1.29, 1.82) is 0 Å². The zero-order valence-corrected chi connectivity index (χ0v) is 20.4. The van der Waals surface area contributed by atoms with Gasteiger partial charge in [0.2, 0.25) is 0 Å². The largest absolute Gasteiger partial charge is 0.497 e. The molecule has 1 aliphatic heterocycles. The minimum atomic E-state index is -0.185. The fourth-order valence-corrected chi connectivity index (χ4v) is 5.44. The monoisotopic (exact) mass is 480 g/mol. The number of benzene rings is 2. The number of tetrazole rings is 1. The minimum Gasteiger partial charge on any atom is -0.497 e. The summed E-state index contributed by atoms with van der Waals surface area (Å²) in [4.78, 5) is 4.49.